The Bertz CT molecular complexity index is 1780. The Morgan fingerprint density at radius 1 is 0.979 bits per heavy atom. The van der Waals surface area contributed by atoms with Crippen LogP contribution in [0.5, 0.6) is 0 Å². The summed E-state index contributed by atoms with van der Waals surface area (Å²) in [4.78, 5) is 22.2. The number of nitrogens with one attached hydrogen (secondary N) is 1. The van der Waals surface area contributed by atoms with E-state index in [9.17, 15) is 9.59 Å². The monoisotopic (exact) mass is 650 g/mol. The van der Waals surface area contributed by atoms with Gasteiger partial charge < -0.3 is 20.9 Å². The molecule has 0 spiro atoms. The summed E-state index contributed by atoms with van der Waals surface area (Å²) < 4.78 is 6.03. The standard InChI is InChI=1S/C21H24O3.C17H13ClN2O.C2H6/c1-3-7-20(16(2)24-19-8-5-4-6-9-19)18-13-10-17(11-14-18)12-15-21(22)23;18-12-8-9-16(14(10-12)17(19)21)20-15-7-3-5-11-4-1-2-6-13(11)15;1-2/h3-5,7-8,10-11,13-14H,6,9,12,15H2,1-2H3,(H,22,23);1-10,20H,(H2,19,21);1-2H3/b7-3-,20-16-;;. The normalized spacial score (nSPS) is 12.6. The number of rotatable bonds is 10. The number of halogens is 1. The highest BCUT2D eigenvalue weighted by molar-refractivity contribution is 6.31. The van der Waals surface area contributed by atoms with Gasteiger partial charge in [0.15, 0.2) is 0 Å². The number of nitrogens with two attached hydrogens (primary N) is 1. The van der Waals surface area contributed by atoms with Crippen molar-refractivity contribution in [3.8, 4) is 0 Å². The van der Waals surface area contributed by atoms with E-state index in [2.05, 4.69) is 11.4 Å². The zero-order valence-electron chi connectivity index (χ0n) is 27.4. The van der Waals surface area contributed by atoms with E-state index in [1.807, 2.05) is 119 Å². The van der Waals surface area contributed by atoms with Crippen molar-refractivity contribution in [3.63, 3.8) is 0 Å². The number of hydrogen-bond donors (Lipinski definition) is 3. The molecule has 4 aromatic rings. The van der Waals surface area contributed by atoms with E-state index in [0.29, 0.717) is 22.7 Å². The molecule has 0 heterocycles. The number of carboxylic acids is 1. The topological polar surface area (TPSA) is 102 Å². The fourth-order valence-corrected chi connectivity index (χ4v) is 5.08. The second-order valence-corrected chi connectivity index (χ2v) is 10.9. The van der Waals surface area contributed by atoms with Crippen LogP contribution in [-0.4, -0.2) is 17.0 Å². The van der Waals surface area contributed by atoms with Crippen LogP contribution in [0.25, 0.3) is 16.3 Å². The van der Waals surface area contributed by atoms with E-state index < -0.39 is 11.9 Å². The lowest BCUT2D eigenvalue weighted by Crippen LogP contribution is -2.13. The molecule has 0 aliphatic heterocycles. The lowest BCUT2D eigenvalue weighted by atomic mass is 10.0. The summed E-state index contributed by atoms with van der Waals surface area (Å²) >= 11 is 5.92. The highest BCUT2D eigenvalue weighted by Gasteiger charge is 2.11. The van der Waals surface area contributed by atoms with Crippen LogP contribution in [0.3, 0.4) is 0 Å². The molecule has 47 heavy (non-hydrogen) atoms. The average molecular weight is 651 g/mol. The number of carbonyl (C=O) groups excluding carboxylic acids is 1. The van der Waals surface area contributed by atoms with Gasteiger partial charge in [0.05, 0.1) is 11.3 Å². The quantitative estimate of drug-likeness (QED) is 0.117. The third-order valence-electron chi connectivity index (χ3n) is 7.17. The molecule has 5 rings (SSSR count). The minimum absolute atomic E-state index is 0.153. The Hall–Kier alpha value is -5.07. The van der Waals surface area contributed by atoms with Crippen LogP contribution >= 0.6 is 11.6 Å². The van der Waals surface area contributed by atoms with Crippen molar-refractivity contribution in [2.75, 3.05) is 5.32 Å². The van der Waals surface area contributed by atoms with E-state index >= 15 is 0 Å². The molecule has 0 atom stereocenters. The molecule has 0 unspecified atom stereocenters. The molecule has 0 saturated heterocycles. The zero-order valence-corrected chi connectivity index (χ0v) is 28.2. The third kappa shape index (κ3) is 11.0. The van der Waals surface area contributed by atoms with Gasteiger partial charge in [-0.15, -0.1) is 0 Å². The number of hydrogen-bond acceptors (Lipinski definition) is 4. The molecule has 4 aromatic carbocycles. The number of carboxylic acid groups (broad SMARTS) is 1. The number of allylic oxidation sites excluding steroid dienone is 8. The molecule has 244 valence electrons. The van der Waals surface area contributed by atoms with E-state index in [4.69, 9.17) is 27.2 Å². The molecule has 0 radical (unpaired) electrons. The van der Waals surface area contributed by atoms with Crippen molar-refractivity contribution in [3.05, 3.63) is 149 Å². The summed E-state index contributed by atoms with van der Waals surface area (Å²) in [5.41, 5.74) is 10.5. The molecule has 0 saturated carbocycles. The molecular weight excluding hydrogens is 608 g/mol. The number of aryl methyl sites for hydroxylation is 1. The molecule has 0 aromatic heterocycles. The van der Waals surface area contributed by atoms with Gasteiger partial charge in [-0.05, 0) is 73.5 Å². The first-order chi connectivity index (χ1) is 22.7. The number of amides is 1. The number of aliphatic carboxylic acids is 1. The number of anilines is 2. The van der Waals surface area contributed by atoms with Gasteiger partial charge in [0, 0.05) is 34.5 Å². The van der Waals surface area contributed by atoms with Gasteiger partial charge in [-0.1, -0.05) is 110 Å². The van der Waals surface area contributed by atoms with Gasteiger partial charge in [0.2, 0.25) is 0 Å². The van der Waals surface area contributed by atoms with Gasteiger partial charge in [0.1, 0.15) is 11.5 Å². The lowest BCUT2D eigenvalue weighted by Gasteiger charge is -2.15. The van der Waals surface area contributed by atoms with Crippen LogP contribution in [0.15, 0.2) is 127 Å². The summed E-state index contributed by atoms with van der Waals surface area (Å²) in [5.74, 6) is 0.566. The molecule has 1 aliphatic rings. The molecular formula is C40H43ClN2O4. The molecule has 0 bridgehead atoms. The van der Waals surface area contributed by atoms with Gasteiger partial charge in [0.25, 0.3) is 5.91 Å². The van der Waals surface area contributed by atoms with Crippen LogP contribution < -0.4 is 11.1 Å². The van der Waals surface area contributed by atoms with Crippen LogP contribution in [0.2, 0.25) is 5.02 Å². The predicted molar refractivity (Wildman–Crippen MR) is 196 cm³/mol. The Labute approximate surface area is 282 Å². The number of ether oxygens (including phenoxy) is 1. The minimum atomic E-state index is -0.771. The summed E-state index contributed by atoms with van der Waals surface area (Å²) in [5, 5.41) is 14.7. The fourth-order valence-electron chi connectivity index (χ4n) is 4.91. The molecule has 1 aliphatic carbocycles. The van der Waals surface area contributed by atoms with Gasteiger partial charge in [-0.25, -0.2) is 0 Å². The van der Waals surface area contributed by atoms with E-state index in [-0.39, 0.29) is 6.42 Å². The van der Waals surface area contributed by atoms with E-state index in [1.165, 1.54) is 0 Å². The lowest BCUT2D eigenvalue weighted by molar-refractivity contribution is -0.136. The number of carbonyl (C=O) groups is 2. The smallest absolute Gasteiger partial charge is 0.303 e. The number of benzene rings is 4. The van der Waals surface area contributed by atoms with Crippen LogP contribution in [0, 0.1) is 0 Å². The number of fused-ring (bicyclic) bond motifs is 1. The molecule has 6 nitrogen and oxygen atoms in total. The van der Waals surface area contributed by atoms with Crippen molar-refractivity contribution in [2.24, 2.45) is 5.73 Å². The average Bonchev–Trinajstić information content (AvgIpc) is 3.09. The van der Waals surface area contributed by atoms with Crippen molar-refractivity contribution in [2.45, 2.75) is 53.4 Å². The van der Waals surface area contributed by atoms with Gasteiger partial charge in [-0.3, -0.25) is 9.59 Å². The van der Waals surface area contributed by atoms with Gasteiger partial charge in [-0.2, -0.15) is 0 Å². The van der Waals surface area contributed by atoms with Crippen molar-refractivity contribution >= 4 is 51.2 Å². The molecule has 7 heteroatoms. The molecule has 1 amide bonds. The second kappa shape index (κ2) is 18.8. The largest absolute Gasteiger partial charge is 0.481 e. The SMILES string of the molecule is C/C=C\C(=C(/C)OC1=CC=CCC1)c1ccc(CCC(=O)O)cc1.CC.NC(=O)c1cc(Cl)ccc1Nc1cccc2ccccc12. The Balaban J connectivity index is 0.000000244. The first-order valence-corrected chi connectivity index (χ1v) is 16.2. The maximum Gasteiger partial charge on any atom is 0.303 e. The minimum Gasteiger partial charge on any atom is -0.481 e. The summed E-state index contributed by atoms with van der Waals surface area (Å²) in [6, 6.07) is 27.0. The first-order valence-electron chi connectivity index (χ1n) is 15.8. The van der Waals surface area contributed by atoms with Crippen LogP contribution in [-0.2, 0) is 16.0 Å². The zero-order chi connectivity index (χ0) is 34.2. The summed E-state index contributed by atoms with van der Waals surface area (Å²) in [6.07, 6.45) is 12.8. The maximum atomic E-state index is 11.6. The third-order valence-corrected chi connectivity index (χ3v) is 7.41. The number of primary amides is 1. The first kappa shape index (κ1) is 36.4. The highest BCUT2D eigenvalue weighted by Crippen LogP contribution is 2.29. The summed E-state index contributed by atoms with van der Waals surface area (Å²) in [6.45, 7) is 7.96. The Morgan fingerprint density at radius 3 is 2.36 bits per heavy atom. The highest BCUT2D eigenvalue weighted by atomic mass is 35.5. The molecule has 0 fully saturated rings. The predicted octanol–water partition coefficient (Wildman–Crippen LogP) is 10.6. The second-order valence-electron chi connectivity index (χ2n) is 10.5. The van der Waals surface area contributed by atoms with Crippen molar-refractivity contribution in [1.29, 1.82) is 0 Å². The van der Waals surface area contributed by atoms with Gasteiger partial charge >= 0.3 is 5.97 Å². The summed E-state index contributed by atoms with van der Waals surface area (Å²) in [7, 11) is 0. The van der Waals surface area contributed by atoms with Crippen molar-refractivity contribution < 1.29 is 19.4 Å². The maximum absolute atomic E-state index is 11.6. The molecule has 4 N–H and O–H groups in total. The van der Waals surface area contributed by atoms with Crippen molar-refractivity contribution in [1.82, 2.24) is 0 Å². The van der Waals surface area contributed by atoms with Crippen LogP contribution in [0.1, 0.15) is 68.4 Å². The fraction of sp³-hybridized carbons (Fsp3) is 0.200. The van der Waals surface area contributed by atoms with E-state index in [1.54, 1.807) is 18.2 Å². The van der Waals surface area contributed by atoms with E-state index in [0.717, 1.165) is 57.5 Å². The Morgan fingerprint density at radius 2 is 1.70 bits per heavy atom. The Kier molecular flexibility index (Phi) is 14.6. The van der Waals surface area contributed by atoms with Crippen LogP contribution in [0.4, 0.5) is 11.4 Å².